The number of aromatic hydroxyl groups is 1. The first-order valence-electron chi connectivity index (χ1n) is 14.9. The van der Waals surface area contributed by atoms with Crippen LogP contribution < -0.4 is 19.5 Å². The molecule has 0 bridgehead atoms. The number of Topliss-reactive ketones (excluding diaryl/α,β-unsaturated/α-hetero) is 2. The Morgan fingerprint density at radius 2 is 1.70 bits per heavy atom. The molecule has 2 aliphatic rings. The Balaban J connectivity index is 1.35. The number of ketones is 2. The molecule has 0 saturated carbocycles. The van der Waals surface area contributed by atoms with Crippen LogP contribution in [0.5, 0.6) is 23.0 Å². The third-order valence-corrected chi connectivity index (χ3v) is 9.01. The number of benzene rings is 4. The molecule has 10 heteroatoms. The number of hydrogen-bond donors (Lipinski definition) is 3. The number of phenolic OH excluding ortho intramolecular Hbond substituents is 1. The average molecular weight is 638 g/mol. The highest BCUT2D eigenvalue weighted by Crippen LogP contribution is 2.56. The van der Waals surface area contributed by atoms with E-state index in [2.05, 4.69) is 5.32 Å². The molecular weight excluding hydrogens is 605 g/mol. The minimum Gasteiger partial charge on any atom is -0.507 e. The lowest BCUT2D eigenvalue weighted by atomic mass is 9.71. The lowest BCUT2D eigenvalue weighted by molar-refractivity contribution is -0.123. The van der Waals surface area contributed by atoms with Gasteiger partial charge in [0.1, 0.15) is 57.7 Å². The van der Waals surface area contributed by atoms with Crippen molar-refractivity contribution >= 4 is 28.2 Å². The van der Waals surface area contributed by atoms with Gasteiger partial charge in [-0.05, 0) is 67.5 Å². The summed E-state index contributed by atoms with van der Waals surface area (Å²) in [6, 6.07) is 15.0. The predicted molar refractivity (Wildman–Crippen MR) is 171 cm³/mol. The summed E-state index contributed by atoms with van der Waals surface area (Å²) < 4.78 is 31.1. The molecule has 240 valence electrons. The summed E-state index contributed by atoms with van der Waals surface area (Å²) in [4.78, 5) is 39.8. The molecule has 0 aromatic heterocycles. The standard InChI is InChI=1S/C37H32FNO8/c1-18-19(2)33(46-17-21-10-12-22(38)13-11-21)24-9-7-6-8-23(24)25(18)16-39-36(44)31-28(45-5)14-27(42)32-34(31)47-29-15-26(41)30(20(3)40)35(43)37(29,32)4/h6-15,41-42H,16-17H2,1-5H3,(H,39,44)/t37-/m1/s1. The van der Waals surface area contributed by atoms with Crippen LogP contribution in [-0.4, -0.2) is 34.8 Å². The lowest BCUT2D eigenvalue weighted by Gasteiger charge is -2.27. The number of carbonyl (C=O) groups is 3. The fraction of sp³-hybridized carbons (Fsp3) is 0.216. The molecule has 1 heterocycles. The predicted octanol–water partition coefficient (Wildman–Crippen LogP) is 6.34. The van der Waals surface area contributed by atoms with E-state index in [4.69, 9.17) is 14.2 Å². The van der Waals surface area contributed by atoms with Gasteiger partial charge in [-0.3, -0.25) is 14.4 Å². The van der Waals surface area contributed by atoms with Gasteiger partial charge in [-0.2, -0.15) is 0 Å². The number of methoxy groups -OCH3 is 1. The monoisotopic (exact) mass is 637 g/mol. The van der Waals surface area contributed by atoms with Gasteiger partial charge in [0.25, 0.3) is 5.91 Å². The van der Waals surface area contributed by atoms with Crippen molar-refractivity contribution < 1.29 is 43.2 Å². The third kappa shape index (κ3) is 4.97. The number of carbonyl (C=O) groups excluding carboxylic acids is 3. The van der Waals surface area contributed by atoms with Gasteiger partial charge in [0, 0.05) is 24.1 Å². The fourth-order valence-electron chi connectivity index (χ4n) is 6.37. The second-order valence-corrected chi connectivity index (χ2v) is 11.8. The number of nitrogens with one attached hydrogen (secondary N) is 1. The molecule has 0 saturated heterocycles. The van der Waals surface area contributed by atoms with E-state index in [1.807, 2.05) is 38.1 Å². The molecule has 1 amide bonds. The summed E-state index contributed by atoms with van der Waals surface area (Å²) in [5, 5.41) is 26.1. The number of aliphatic hydroxyl groups is 1. The van der Waals surface area contributed by atoms with E-state index in [1.54, 1.807) is 12.1 Å². The summed E-state index contributed by atoms with van der Waals surface area (Å²) >= 11 is 0. The van der Waals surface area contributed by atoms with Crippen molar-refractivity contribution in [3.8, 4) is 23.0 Å². The Morgan fingerprint density at radius 3 is 2.36 bits per heavy atom. The van der Waals surface area contributed by atoms with Crippen LogP contribution in [0.25, 0.3) is 10.8 Å². The Bertz CT molecular complexity index is 2080. The van der Waals surface area contributed by atoms with E-state index < -0.39 is 34.2 Å². The minimum atomic E-state index is -1.67. The fourth-order valence-corrected chi connectivity index (χ4v) is 6.37. The molecule has 1 atom stereocenters. The first-order chi connectivity index (χ1) is 22.4. The van der Waals surface area contributed by atoms with Gasteiger partial charge in [0.05, 0.1) is 12.7 Å². The lowest BCUT2D eigenvalue weighted by Crippen LogP contribution is -2.38. The Morgan fingerprint density at radius 1 is 1.02 bits per heavy atom. The largest absolute Gasteiger partial charge is 0.507 e. The number of aliphatic hydroxyl groups excluding tert-OH is 1. The minimum absolute atomic E-state index is 0.000296. The first kappa shape index (κ1) is 31.3. The summed E-state index contributed by atoms with van der Waals surface area (Å²) in [6.45, 7) is 6.83. The van der Waals surface area contributed by atoms with Crippen molar-refractivity contribution in [3.05, 3.63) is 117 Å². The molecule has 6 rings (SSSR count). The summed E-state index contributed by atoms with van der Waals surface area (Å²) in [6.07, 6.45) is 1.16. The van der Waals surface area contributed by atoms with Crippen LogP contribution in [0.4, 0.5) is 4.39 Å². The van der Waals surface area contributed by atoms with E-state index >= 15 is 0 Å². The zero-order chi connectivity index (χ0) is 33.8. The Kier molecular flexibility index (Phi) is 7.75. The van der Waals surface area contributed by atoms with Crippen LogP contribution in [0.1, 0.15) is 52.0 Å². The highest BCUT2D eigenvalue weighted by atomic mass is 19.1. The van der Waals surface area contributed by atoms with Gasteiger partial charge in [0.2, 0.25) is 0 Å². The SMILES string of the molecule is COc1cc(O)c2c(c1C(=O)NCc1c(C)c(C)c(OCc3ccc(F)cc3)c3ccccc13)OC1=CC(O)=C(C(C)=O)C(=O)[C@]12C. The van der Waals surface area contributed by atoms with E-state index in [0.29, 0.717) is 5.75 Å². The number of allylic oxidation sites excluding steroid dienone is 3. The number of halogens is 1. The molecular formula is C37H32FNO8. The zero-order valence-electron chi connectivity index (χ0n) is 26.4. The summed E-state index contributed by atoms with van der Waals surface area (Å²) in [5.74, 6) is -2.72. The number of fused-ring (bicyclic) bond motifs is 4. The highest BCUT2D eigenvalue weighted by molar-refractivity contribution is 6.25. The number of rotatable bonds is 8. The Hall–Kier alpha value is -5.64. The summed E-state index contributed by atoms with van der Waals surface area (Å²) in [7, 11) is 1.33. The van der Waals surface area contributed by atoms with Crippen molar-refractivity contribution in [2.45, 2.75) is 46.3 Å². The molecule has 0 unspecified atom stereocenters. The number of ether oxygens (including phenoxy) is 3. The molecule has 1 aliphatic carbocycles. The van der Waals surface area contributed by atoms with Crippen molar-refractivity contribution in [2.75, 3.05) is 7.11 Å². The van der Waals surface area contributed by atoms with Gasteiger partial charge in [-0.25, -0.2) is 4.39 Å². The smallest absolute Gasteiger partial charge is 0.259 e. The van der Waals surface area contributed by atoms with Gasteiger partial charge in [0.15, 0.2) is 17.3 Å². The second kappa shape index (κ2) is 11.6. The van der Waals surface area contributed by atoms with Crippen LogP contribution in [0.2, 0.25) is 0 Å². The van der Waals surface area contributed by atoms with E-state index in [0.717, 1.165) is 46.0 Å². The summed E-state index contributed by atoms with van der Waals surface area (Å²) in [5.41, 5.74) is 1.27. The maximum Gasteiger partial charge on any atom is 0.259 e. The molecule has 0 radical (unpaired) electrons. The van der Waals surface area contributed by atoms with E-state index in [-0.39, 0.29) is 53.1 Å². The zero-order valence-corrected chi connectivity index (χ0v) is 26.4. The normalized spacial score (nSPS) is 16.7. The third-order valence-electron chi connectivity index (χ3n) is 9.01. The molecule has 0 spiro atoms. The van der Waals surface area contributed by atoms with Crippen molar-refractivity contribution in [1.29, 1.82) is 0 Å². The van der Waals surface area contributed by atoms with Crippen molar-refractivity contribution in [3.63, 3.8) is 0 Å². The molecule has 4 aromatic carbocycles. The molecule has 1 aliphatic heterocycles. The van der Waals surface area contributed by atoms with Crippen LogP contribution in [0.3, 0.4) is 0 Å². The van der Waals surface area contributed by atoms with Gasteiger partial charge in [-0.15, -0.1) is 0 Å². The number of amides is 1. The molecule has 3 N–H and O–H groups in total. The highest BCUT2D eigenvalue weighted by Gasteiger charge is 2.55. The van der Waals surface area contributed by atoms with Crippen LogP contribution in [-0.2, 0) is 28.2 Å². The van der Waals surface area contributed by atoms with Gasteiger partial charge >= 0.3 is 0 Å². The quantitative estimate of drug-likeness (QED) is 0.191. The second-order valence-electron chi connectivity index (χ2n) is 11.8. The van der Waals surface area contributed by atoms with Crippen LogP contribution in [0, 0.1) is 19.7 Å². The molecule has 47 heavy (non-hydrogen) atoms. The van der Waals surface area contributed by atoms with Crippen molar-refractivity contribution in [1.82, 2.24) is 5.32 Å². The topological polar surface area (TPSA) is 131 Å². The molecule has 9 nitrogen and oxygen atoms in total. The van der Waals surface area contributed by atoms with Crippen LogP contribution >= 0.6 is 0 Å². The van der Waals surface area contributed by atoms with Gasteiger partial charge in [-0.1, -0.05) is 36.4 Å². The average Bonchev–Trinajstić information content (AvgIpc) is 3.34. The molecule has 0 fully saturated rings. The number of hydrogen-bond acceptors (Lipinski definition) is 8. The van der Waals surface area contributed by atoms with E-state index in [1.165, 1.54) is 32.2 Å². The molecule has 4 aromatic rings. The first-order valence-corrected chi connectivity index (χ1v) is 14.9. The maximum absolute atomic E-state index is 14.0. The van der Waals surface area contributed by atoms with Crippen molar-refractivity contribution in [2.24, 2.45) is 0 Å². The maximum atomic E-state index is 14.0. The number of phenols is 1. The van der Waals surface area contributed by atoms with Gasteiger partial charge < -0.3 is 29.7 Å². The Labute approximate surface area is 269 Å². The van der Waals surface area contributed by atoms with E-state index in [9.17, 15) is 29.0 Å². The van der Waals surface area contributed by atoms with Crippen LogP contribution in [0.15, 0.2) is 77.8 Å².